The van der Waals surface area contributed by atoms with Gasteiger partial charge in [-0.15, -0.1) is 0 Å². The van der Waals surface area contributed by atoms with Crippen molar-refractivity contribution in [1.82, 2.24) is 0 Å². The van der Waals surface area contributed by atoms with E-state index in [1.807, 2.05) is 6.92 Å². The van der Waals surface area contributed by atoms with Gasteiger partial charge >= 0.3 is 5.97 Å². The van der Waals surface area contributed by atoms with E-state index in [1.54, 1.807) is 54.6 Å². The molecule has 1 aromatic heterocycles. The summed E-state index contributed by atoms with van der Waals surface area (Å²) in [5.41, 5.74) is 0.807. The van der Waals surface area contributed by atoms with Gasteiger partial charge in [0, 0.05) is 5.56 Å². The number of esters is 1. The predicted molar refractivity (Wildman–Crippen MR) is 111 cm³/mol. The zero-order valence-electron chi connectivity index (χ0n) is 16.5. The van der Waals surface area contributed by atoms with Crippen molar-refractivity contribution >= 4 is 27.6 Å². The number of primary sulfonamides is 1. The van der Waals surface area contributed by atoms with Gasteiger partial charge in [0.25, 0.3) is 15.9 Å². The molecule has 1 amide bonds. The third-order valence-corrected chi connectivity index (χ3v) is 4.85. The second kappa shape index (κ2) is 9.45. The highest BCUT2D eigenvalue weighted by atomic mass is 32.2. The van der Waals surface area contributed by atoms with Crippen LogP contribution in [0.25, 0.3) is 0 Å². The zero-order chi connectivity index (χ0) is 22.4. The molecule has 0 aliphatic carbocycles. The Morgan fingerprint density at radius 1 is 1.03 bits per heavy atom. The molecule has 1 heterocycles. The van der Waals surface area contributed by atoms with Gasteiger partial charge < -0.3 is 19.2 Å². The average Bonchev–Trinajstić information content (AvgIpc) is 3.25. The van der Waals surface area contributed by atoms with E-state index in [2.05, 4.69) is 5.32 Å². The van der Waals surface area contributed by atoms with Gasteiger partial charge in [-0.1, -0.05) is 42.5 Å². The third-order valence-electron chi connectivity index (χ3n) is 4.07. The maximum atomic E-state index is 13.0. The Balaban J connectivity index is 1.86. The number of carbonyl (C=O) groups is 2. The molecule has 3 N–H and O–H groups in total. The smallest absolute Gasteiger partial charge is 0.375 e. The van der Waals surface area contributed by atoms with Crippen molar-refractivity contribution < 1.29 is 31.9 Å². The first-order valence-electron chi connectivity index (χ1n) is 9.21. The summed E-state index contributed by atoms with van der Waals surface area (Å²) >= 11 is 0. The molecule has 0 spiro atoms. The molecule has 0 bridgehead atoms. The summed E-state index contributed by atoms with van der Waals surface area (Å²) in [5.74, 6) is -1.62. The van der Waals surface area contributed by atoms with Crippen LogP contribution in [0.1, 0.15) is 29.1 Å². The normalized spacial score (nSPS) is 12.1. The number of carbonyl (C=O) groups excluding carboxylic acids is 2. The molecular weight excluding hydrogens is 424 g/mol. The highest BCUT2D eigenvalue weighted by Crippen LogP contribution is 2.27. The Kier molecular flexibility index (Phi) is 6.73. The molecule has 2 aromatic carbocycles. The summed E-state index contributed by atoms with van der Waals surface area (Å²) < 4.78 is 38.6. The number of nitrogens with two attached hydrogens (primary N) is 1. The van der Waals surface area contributed by atoms with Gasteiger partial charge in [-0.05, 0) is 31.2 Å². The Hall–Kier alpha value is -3.63. The predicted octanol–water partition coefficient (Wildman–Crippen LogP) is 2.86. The Bertz CT molecular complexity index is 1170. The van der Waals surface area contributed by atoms with E-state index in [0.29, 0.717) is 23.6 Å². The molecule has 0 aliphatic heterocycles. The van der Waals surface area contributed by atoms with Crippen LogP contribution in [0, 0.1) is 0 Å². The van der Waals surface area contributed by atoms with Gasteiger partial charge in [0.05, 0.1) is 12.3 Å². The number of para-hydroxylation sites is 2. The second-order valence-electron chi connectivity index (χ2n) is 6.28. The number of rotatable bonds is 8. The fourth-order valence-corrected chi connectivity index (χ4v) is 3.16. The molecule has 31 heavy (non-hydrogen) atoms. The monoisotopic (exact) mass is 444 g/mol. The first kappa shape index (κ1) is 22.1. The minimum atomic E-state index is -4.13. The number of ether oxygens (including phenoxy) is 2. The molecule has 1 atom stereocenters. The molecule has 162 valence electrons. The zero-order valence-corrected chi connectivity index (χ0v) is 17.3. The van der Waals surface area contributed by atoms with E-state index in [4.69, 9.17) is 19.0 Å². The van der Waals surface area contributed by atoms with Crippen LogP contribution in [0.3, 0.4) is 0 Å². The molecular formula is C21H20N2O7S. The second-order valence-corrected chi connectivity index (χ2v) is 7.77. The van der Waals surface area contributed by atoms with Crippen molar-refractivity contribution in [3.8, 4) is 5.75 Å². The molecule has 0 saturated carbocycles. The minimum Gasteiger partial charge on any atom is -0.492 e. The summed E-state index contributed by atoms with van der Waals surface area (Å²) in [6.07, 6.45) is -1.34. The van der Waals surface area contributed by atoms with Crippen LogP contribution >= 0.6 is 0 Å². The van der Waals surface area contributed by atoms with E-state index in [9.17, 15) is 18.0 Å². The van der Waals surface area contributed by atoms with Crippen molar-refractivity contribution in [2.75, 3.05) is 11.9 Å². The Morgan fingerprint density at radius 3 is 2.35 bits per heavy atom. The van der Waals surface area contributed by atoms with E-state index in [1.165, 1.54) is 0 Å². The van der Waals surface area contributed by atoms with Crippen LogP contribution in [0.5, 0.6) is 5.75 Å². The number of anilines is 1. The average molecular weight is 444 g/mol. The standard InChI is InChI=1S/C21H20N2O7S/c1-2-28-16-11-7-6-10-15(16)23-20(24)19(14-8-4-3-5-9-14)30-21(25)17-12-13-18(29-17)31(22,26)27/h3-13,19H,2H2,1H3,(H,23,24)(H2,22,26,27). The topological polar surface area (TPSA) is 138 Å². The lowest BCUT2D eigenvalue weighted by atomic mass is 10.1. The maximum Gasteiger partial charge on any atom is 0.375 e. The van der Waals surface area contributed by atoms with Crippen molar-refractivity contribution in [2.45, 2.75) is 18.1 Å². The van der Waals surface area contributed by atoms with E-state index in [-0.39, 0.29) is 0 Å². The lowest BCUT2D eigenvalue weighted by Crippen LogP contribution is -2.26. The molecule has 3 aromatic rings. The summed E-state index contributed by atoms with van der Waals surface area (Å²) in [4.78, 5) is 25.5. The number of furan rings is 1. The van der Waals surface area contributed by atoms with Crippen molar-refractivity contribution in [3.05, 3.63) is 78.1 Å². The molecule has 1 unspecified atom stereocenters. The van der Waals surface area contributed by atoms with Gasteiger partial charge in [0.2, 0.25) is 17.0 Å². The largest absolute Gasteiger partial charge is 0.492 e. The number of amides is 1. The van der Waals surface area contributed by atoms with Crippen LogP contribution in [0.15, 0.2) is 76.2 Å². The molecule has 10 heteroatoms. The van der Waals surface area contributed by atoms with Gasteiger partial charge in [0.1, 0.15) is 5.75 Å². The lowest BCUT2D eigenvalue weighted by Gasteiger charge is -2.18. The van der Waals surface area contributed by atoms with E-state index < -0.39 is 38.9 Å². The minimum absolute atomic E-state index is 0.398. The molecule has 0 aliphatic rings. The maximum absolute atomic E-state index is 13.0. The summed E-state index contributed by atoms with van der Waals surface area (Å²) in [6.45, 7) is 2.21. The molecule has 9 nitrogen and oxygen atoms in total. The highest BCUT2D eigenvalue weighted by molar-refractivity contribution is 7.89. The first-order valence-corrected chi connectivity index (χ1v) is 10.8. The summed E-state index contributed by atoms with van der Waals surface area (Å²) in [6, 6.07) is 17.3. The van der Waals surface area contributed by atoms with Crippen molar-refractivity contribution in [2.24, 2.45) is 5.14 Å². The summed E-state index contributed by atoms with van der Waals surface area (Å²) in [5, 5.41) is 7.09. The van der Waals surface area contributed by atoms with Crippen molar-refractivity contribution in [3.63, 3.8) is 0 Å². The Morgan fingerprint density at radius 2 is 1.71 bits per heavy atom. The van der Waals surface area contributed by atoms with Crippen molar-refractivity contribution in [1.29, 1.82) is 0 Å². The molecule has 0 saturated heterocycles. The quantitative estimate of drug-likeness (QED) is 0.510. The van der Waals surface area contributed by atoms with Gasteiger partial charge in [-0.3, -0.25) is 4.79 Å². The molecule has 3 rings (SSSR count). The van der Waals surface area contributed by atoms with E-state index >= 15 is 0 Å². The SMILES string of the molecule is CCOc1ccccc1NC(=O)C(OC(=O)c1ccc(S(N)(=O)=O)o1)c1ccccc1. The highest BCUT2D eigenvalue weighted by Gasteiger charge is 2.28. The summed E-state index contributed by atoms with van der Waals surface area (Å²) in [7, 11) is -4.13. The van der Waals surface area contributed by atoms with Crippen LogP contribution in [-0.2, 0) is 19.6 Å². The number of hydrogen-bond acceptors (Lipinski definition) is 7. The molecule has 0 fully saturated rings. The van der Waals surface area contributed by atoms with Gasteiger partial charge in [-0.2, -0.15) is 0 Å². The number of sulfonamides is 1. The van der Waals surface area contributed by atoms with Crippen LogP contribution in [0.4, 0.5) is 5.69 Å². The van der Waals surface area contributed by atoms with Gasteiger partial charge in [-0.25, -0.2) is 18.4 Å². The number of nitrogens with one attached hydrogen (secondary N) is 1. The fourth-order valence-electron chi connectivity index (χ4n) is 2.70. The molecule has 0 radical (unpaired) electrons. The van der Waals surface area contributed by atoms with Gasteiger partial charge in [0.15, 0.2) is 0 Å². The number of hydrogen-bond donors (Lipinski definition) is 2. The Labute approximate surface area is 178 Å². The van der Waals surface area contributed by atoms with E-state index in [0.717, 1.165) is 12.1 Å². The fraction of sp³-hybridized carbons (Fsp3) is 0.143. The first-order chi connectivity index (χ1) is 14.8. The third kappa shape index (κ3) is 5.50. The number of benzene rings is 2. The van der Waals surface area contributed by atoms with Crippen LogP contribution < -0.4 is 15.2 Å². The van der Waals surface area contributed by atoms with Crippen LogP contribution in [-0.4, -0.2) is 26.9 Å². The lowest BCUT2D eigenvalue weighted by molar-refractivity contribution is -0.125. The van der Waals surface area contributed by atoms with Crippen LogP contribution in [0.2, 0.25) is 0 Å².